The molecule has 0 spiro atoms. The summed E-state index contributed by atoms with van der Waals surface area (Å²) in [4.78, 5) is 15.8. The minimum Gasteiger partial charge on any atom is -0.485 e. The Morgan fingerprint density at radius 1 is 1.35 bits per heavy atom. The summed E-state index contributed by atoms with van der Waals surface area (Å²) in [6, 6.07) is 5.57. The van der Waals surface area contributed by atoms with Crippen LogP contribution in [0.3, 0.4) is 0 Å². The van der Waals surface area contributed by atoms with Crippen molar-refractivity contribution in [2.75, 3.05) is 0 Å². The van der Waals surface area contributed by atoms with E-state index in [1.807, 2.05) is 18.2 Å². The van der Waals surface area contributed by atoms with E-state index in [9.17, 15) is 4.79 Å². The predicted molar refractivity (Wildman–Crippen MR) is 71.7 cm³/mol. The summed E-state index contributed by atoms with van der Waals surface area (Å²) in [5.74, 6) is 2.14. The van der Waals surface area contributed by atoms with Crippen LogP contribution in [0.4, 0.5) is 0 Å². The van der Waals surface area contributed by atoms with Crippen molar-refractivity contribution >= 4 is 5.78 Å². The van der Waals surface area contributed by atoms with Crippen molar-refractivity contribution in [1.82, 2.24) is 10.1 Å². The third kappa shape index (κ3) is 2.57. The molecular formula is C15H16N2O3. The van der Waals surface area contributed by atoms with Gasteiger partial charge in [-0.25, -0.2) is 0 Å². The third-order valence-corrected chi connectivity index (χ3v) is 3.34. The van der Waals surface area contributed by atoms with Crippen molar-refractivity contribution in [3.8, 4) is 5.75 Å². The van der Waals surface area contributed by atoms with E-state index in [-0.39, 0.29) is 12.4 Å². The van der Waals surface area contributed by atoms with E-state index >= 15 is 0 Å². The fourth-order valence-corrected chi connectivity index (χ4v) is 2.33. The Kier molecular flexibility index (Phi) is 3.50. The van der Waals surface area contributed by atoms with E-state index in [0.29, 0.717) is 18.1 Å². The lowest BCUT2D eigenvalue weighted by Gasteiger charge is -2.05. The van der Waals surface area contributed by atoms with Crippen LogP contribution in [-0.4, -0.2) is 15.9 Å². The highest BCUT2D eigenvalue weighted by Gasteiger charge is 2.19. The summed E-state index contributed by atoms with van der Waals surface area (Å²) >= 11 is 0. The topological polar surface area (TPSA) is 65.2 Å². The van der Waals surface area contributed by atoms with Gasteiger partial charge in [0.25, 0.3) is 0 Å². The molecule has 104 valence electrons. The van der Waals surface area contributed by atoms with Gasteiger partial charge in [-0.1, -0.05) is 12.1 Å². The highest BCUT2D eigenvalue weighted by atomic mass is 16.5. The van der Waals surface area contributed by atoms with Crippen LogP contribution in [0.2, 0.25) is 0 Å². The maximum atomic E-state index is 11.5. The number of nitrogens with zero attached hydrogens (tertiary/aromatic N) is 2. The standard InChI is InChI=1S/C15H16N2O3/c1-2-3-15-16-14(17-20-15)9-19-11-5-6-12-10(8-11)4-7-13(12)18/h5-6,8H,2-4,7,9H2,1H3. The van der Waals surface area contributed by atoms with Gasteiger partial charge in [-0.3, -0.25) is 4.79 Å². The van der Waals surface area contributed by atoms with Crippen molar-refractivity contribution in [3.63, 3.8) is 0 Å². The van der Waals surface area contributed by atoms with Crippen LogP contribution in [0, 0.1) is 0 Å². The maximum Gasteiger partial charge on any atom is 0.226 e. The first-order chi connectivity index (χ1) is 9.76. The average molecular weight is 272 g/mol. The Morgan fingerprint density at radius 3 is 3.10 bits per heavy atom. The van der Waals surface area contributed by atoms with Crippen molar-refractivity contribution in [1.29, 1.82) is 0 Å². The van der Waals surface area contributed by atoms with Crippen molar-refractivity contribution in [2.45, 2.75) is 39.2 Å². The molecule has 1 aliphatic rings. The Labute approximate surface area is 116 Å². The SMILES string of the molecule is CCCc1nc(COc2ccc3c(c2)CCC3=O)no1. The van der Waals surface area contributed by atoms with Gasteiger partial charge < -0.3 is 9.26 Å². The van der Waals surface area contributed by atoms with Gasteiger partial charge in [-0.2, -0.15) is 4.98 Å². The van der Waals surface area contributed by atoms with Crippen LogP contribution >= 0.6 is 0 Å². The second-order valence-corrected chi connectivity index (χ2v) is 4.89. The Hall–Kier alpha value is -2.17. The Morgan fingerprint density at radius 2 is 2.25 bits per heavy atom. The lowest BCUT2D eigenvalue weighted by molar-refractivity contribution is 0.0994. The number of rotatable bonds is 5. The molecule has 5 heteroatoms. The summed E-state index contributed by atoms with van der Waals surface area (Å²) in [6.45, 7) is 2.34. The molecule has 0 bridgehead atoms. The molecule has 0 fully saturated rings. The summed E-state index contributed by atoms with van der Waals surface area (Å²) in [6.07, 6.45) is 3.16. The quantitative estimate of drug-likeness (QED) is 0.837. The number of fused-ring (bicyclic) bond motifs is 1. The number of aromatic nitrogens is 2. The van der Waals surface area contributed by atoms with Gasteiger partial charge >= 0.3 is 0 Å². The Balaban J connectivity index is 1.65. The molecule has 0 saturated heterocycles. The minimum absolute atomic E-state index is 0.217. The summed E-state index contributed by atoms with van der Waals surface area (Å²) in [7, 11) is 0. The second kappa shape index (κ2) is 5.45. The summed E-state index contributed by atoms with van der Waals surface area (Å²) in [5.41, 5.74) is 1.88. The summed E-state index contributed by atoms with van der Waals surface area (Å²) < 4.78 is 10.7. The number of aryl methyl sites for hydroxylation is 2. The van der Waals surface area contributed by atoms with Crippen molar-refractivity contribution < 1.29 is 14.1 Å². The van der Waals surface area contributed by atoms with Gasteiger partial charge in [0, 0.05) is 18.4 Å². The zero-order valence-corrected chi connectivity index (χ0v) is 11.4. The number of carbonyl (C=O) groups is 1. The molecule has 0 aliphatic heterocycles. The molecule has 1 aromatic heterocycles. The molecule has 0 saturated carbocycles. The van der Waals surface area contributed by atoms with Crippen LogP contribution in [0.25, 0.3) is 0 Å². The fraction of sp³-hybridized carbons (Fsp3) is 0.400. The van der Waals surface area contributed by atoms with E-state index in [1.54, 1.807) is 0 Å². The number of Topliss-reactive ketones (excluding diaryl/α,β-unsaturated/α-hetero) is 1. The van der Waals surface area contributed by atoms with Crippen LogP contribution < -0.4 is 4.74 Å². The number of ketones is 1. The Bertz CT molecular complexity index is 634. The smallest absolute Gasteiger partial charge is 0.226 e. The molecule has 0 radical (unpaired) electrons. The molecule has 1 aromatic carbocycles. The largest absolute Gasteiger partial charge is 0.485 e. The first-order valence-corrected chi connectivity index (χ1v) is 6.86. The van der Waals surface area contributed by atoms with Crippen molar-refractivity contribution in [3.05, 3.63) is 41.0 Å². The molecular weight excluding hydrogens is 256 g/mol. The lowest BCUT2D eigenvalue weighted by Crippen LogP contribution is -1.99. The second-order valence-electron chi connectivity index (χ2n) is 4.89. The number of carbonyl (C=O) groups excluding carboxylic acids is 1. The predicted octanol–water partition coefficient (Wildman–Crippen LogP) is 2.73. The van der Waals surface area contributed by atoms with E-state index in [0.717, 1.165) is 36.1 Å². The van der Waals surface area contributed by atoms with Crippen LogP contribution in [0.15, 0.2) is 22.7 Å². The van der Waals surface area contributed by atoms with Crippen molar-refractivity contribution in [2.24, 2.45) is 0 Å². The van der Waals surface area contributed by atoms with Gasteiger partial charge in [-0.15, -0.1) is 0 Å². The molecule has 20 heavy (non-hydrogen) atoms. The fourth-order valence-electron chi connectivity index (χ4n) is 2.33. The first kappa shape index (κ1) is 12.8. The molecule has 0 atom stereocenters. The van der Waals surface area contributed by atoms with Crippen LogP contribution in [-0.2, 0) is 19.4 Å². The molecule has 0 N–H and O–H groups in total. The van der Waals surface area contributed by atoms with E-state index in [2.05, 4.69) is 17.1 Å². The molecule has 0 unspecified atom stereocenters. The maximum absolute atomic E-state index is 11.5. The number of hydrogen-bond donors (Lipinski definition) is 0. The van der Waals surface area contributed by atoms with Gasteiger partial charge in [-0.05, 0) is 36.6 Å². The molecule has 0 amide bonds. The summed E-state index contributed by atoms with van der Waals surface area (Å²) in [5, 5.41) is 3.87. The van der Waals surface area contributed by atoms with Crippen LogP contribution in [0.1, 0.15) is 47.4 Å². The number of ether oxygens (including phenoxy) is 1. The molecule has 2 aromatic rings. The van der Waals surface area contributed by atoms with E-state index in [1.165, 1.54) is 0 Å². The lowest BCUT2D eigenvalue weighted by atomic mass is 10.1. The highest BCUT2D eigenvalue weighted by Crippen LogP contribution is 2.26. The molecule has 1 heterocycles. The van der Waals surface area contributed by atoms with E-state index in [4.69, 9.17) is 9.26 Å². The monoisotopic (exact) mass is 272 g/mol. The van der Waals surface area contributed by atoms with Gasteiger partial charge in [0.05, 0.1) is 0 Å². The third-order valence-electron chi connectivity index (χ3n) is 3.34. The van der Waals surface area contributed by atoms with Gasteiger partial charge in [0.15, 0.2) is 12.4 Å². The molecule has 5 nitrogen and oxygen atoms in total. The molecule has 3 rings (SSSR count). The number of hydrogen-bond acceptors (Lipinski definition) is 5. The van der Waals surface area contributed by atoms with Gasteiger partial charge in [0.1, 0.15) is 5.75 Å². The van der Waals surface area contributed by atoms with Gasteiger partial charge in [0.2, 0.25) is 11.7 Å². The zero-order valence-electron chi connectivity index (χ0n) is 11.4. The zero-order chi connectivity index (χ0) is 13.9. The minimum atomic E-state index is 0.217. The molecule has 1 aliphatic carbocycles. The average Bonchev–Trinajstić information content (AvgIpc) is 3.04. The first-order valence-electron chi connectivity index (χ1n) is 6.86. The van der Waals surface area contributed by atoms with Crippen LogP contribution in [0.5, 0.6) is 5.75 Å². The highest BCUT2D eigenvalue weighted by molar-refractivity contribution is 6.00. The van der Waals surface area contributed by atoms with E-state index < -0.39 is 0 Å². The normalized spacial score (nSPS) is 13.6. The number of benzene rings is 1.